The van der Waals surface area contributed by atoms with Crippen LogP contribution in [0.2, 0.25) is 0 Å². The first-order valence-electron chi connectivity index (χ1n) is 6.78. The van der Waals surface area contributed by atoms with Gasteiger partial charge in [-0.05, 0) is 13.8 Å². The molecule has 2 saturated heterocycles. The molecule has 2 aliphatic heterocycles. The first-order chi connectivity index (χ1) is 9.73. The zero-order valence-electron chi connectivity index (χ0n) is 11.7. The Kier molecular flexibility index (Phi) is 5.19. The maximum atomic E-state index is 9.91. The van der Waals surface area contributed by atoms with Crippen molar-refractivity contribution in [1.29, 1.82) is 0 Å². The van der Waals surface area contributed by atoms with Gasteiger partial charge in [-0.3, -0.25) is 0 Å². The maximum absolute atomic E-state index is 9.91. The molecular weight excluding hydrogens is 288 g/mol. The van der Waals surface area contributed by atoms with E-state index < -0.39 is 61.4 Å². The summed E-state index contributed by atoms with van der Waals surface area (Å²) in [5.74, 6) is 0. The predicted octanol–water partition coefficient (Wildman–Crippen LogP) is -3.34. The van der Waals surface area contributed by atoms with Crippen LogP contribution in [0.1, 0.15) is 13.8 Å². The molecule has 0 spiro atoms. The van der Waals surface area contributed by atoms with Crippen LogP contribution >= 0.6 is 0 Å². The third-order valence-electron chi connectivity index (χ3n) is 3.90. The number of ether oxygens (including phenoxy) is 3. The number of aliphatic hydroxyl groups excluding tert-OH is 6. The summed E-state index contributed by atoms with van der Waals surface area (Å²) in [6, 6.07) is 0. The summed E-state index contributed by atoms with van der Waals surface area (Å²) in [6.45, 7) is 3.00. The molecule has 2 aliphatic rings. The molecule has 2 heterocycles. The van der Waals surface area contributed by atoms with Gasteiger partial charge < -0.3 is 44.8 Å². The zero-order valence-corrected chi connectivity index (χ0v) is 11.7. The molecule has 0 bridgehead atoms. The molecule has 6 N–H and O–H groups in total. The van der Waals surface area contributed by atoms with Crippen molar-refractivity contribution in [2.75, 3.05) is 0 Å². The summed E-state index contributed by atoms with van der Waals surface area (Å²) in [7, 11) is 0. The molecule has 0 aliphatic carbocycles. The van der Waals surface area contributed by atoms with E-state index in [-0.39, 0.29) is 0 Å². The van der Waals surface area contributed by atoms with Gasteiger partial charge in [0.2, 0.25) is 0 Å². The van der Waals surface area contributed by atoms with Crippen LogP contribution in [0.5, 0.6) is 0 Å². The highest BCUT2D eigenvalue weighted by Gasteiger charge is 2.48. The van der Waals surface area contributed by atoms with Gasteiger partial charge in [0.15, 0.2) is 12.6 Å². The second kappa shape index (κ2) is 6.41. The van der Waals surface area contributed by atoms with E-state index in [2.05, 4.69) is 0 Å². The Morgan fingerprint density at radius 3 is 1.90 bits per heavy atom. The molecule has 9 heteroatoms. The SMILES string of the molecule is C[C@@H]1O[C@@H](O[C@@H]2[C@@H](O)[C@@H](O)[C@H](O)O[C@H]2C)[C@@H](O)[C@H](O)[C@@H]1O. The molecule has 10 atom stereocenters. The predicted molar refractivity (Wildman–Crippen MR) is 65.8 cm³/mol. The monoisotopic (exact) mass is 310 g/mol. The number of hydrogen-bond acceptors (Lipinski definition) is 9. The Balaban J connectivity index is 2.06. The van der Waals surface area contributed by atoms with Gasteiger partial charge >= 0.3 is 0 Å². The van der Waals surface area contributed by atoms with E-state index in [0.29, 0.717) is 0 Å². The molecule has 0 unspecified atom stereocenters. The third kappa shape index (κ3) is 3.21. The lowest BCUT2D eigenvalue weighted by Gasteiger charge is -2.44. The van der Waals surface area contributed by atoms with E-state index in [1.807, 2.05) is 0 Å². The first-order valence-corrected chi connectivity index (χ1v) is 6.78. The van der Waals surface area contributed by atoms with Crippen LogP contribution in [-0.4, -0.2) is 92.1 Å². The third-order valence-corrected chi connectivity index (χ3v) is 3.90. The lowest BCUT2D eigenvalue weighted by molar-refractivity contribution is -0.348. The Morgan fingerprint density at radius 1 is 0.667 bits per heavy atom. The second-order valence-electron chi connectivity index (χ2n) is 5.50. The van der Waals surface area contributed by atoms with E-state index in [4.69, 9.17) is 14.2 Å². The summed E-state index contributed by atoms with van der Waals surface area (Å²) in [5, 5.41) is 58.0. The van der Waals surface area contributed by atoms with Crippen LogP contribution in [0, 0.1) is 0 Å². The van der Waals surface area contributed by atoms with Crippen molar-refractivity contribution in [3.8, 4) is 0 Å². The molecule has 124 valence electrons. The van der Waals surface area contributed by atoms with E-state index in [1.165, 1.54) is 13.8 Å². The minimum absolute atomic E-state index is 0.784. The summed E-state index contributed by atoms with van der Waals surface area (Å²) in [4.78, 5) is 0. The van der Waals surface area contributed by atoms with Crippen molar-refractivity contribution in [3.05, 3.63) is 0 Å². The highest BCUT2D eigenvalue weighted by atomic mass is 16.7. The van der Waals surface area contributed by atoms with Gasteiger partial charge in [-0.25, -0.2) is 0 Å². The lowest BCUT2D eigenvalue weighted by atomic mass is 9.98. The fourth-order valence-electron chi connectivity index (χ4n) is 2.49. The van der Waals surface area contributed by atoms with Crippen molar-refractivity contribution in [2.45, 2.75) is 75.3 Å². The molecule has 2 rings (SSSR count). The van der Waals surface area contributed by atoms with Crippen LogP contribution in [0.15, 0.2) is 0 Å². The van der Waals surface area contributed by atoms with E-state index in [9.17, 15) is 30.6 Å². The van der Waals surface area contributed by atoms with Gasteiger partial charge in [-0.1, -0.05) is 0 Å². The minimum atomic E-state index is -1.57. The second-order valence-corrected chi connectivity index (χ2v) is 5.50. The van der Waals surface area contributed by atoms with Crippen molar-refractivity contribution in [2.24, 2.45) is 0 Å². The summed E-state index contributed by atoms with van der Waals surface area (Å²) < 4.78 is 15.6. The summed E-state index contributed by atoms with van der Waals surface area (Å²) in [5.41, 5.74) is 0. The van der Waals surface area contributed by atoms with Crippen molar-refractivity contribution in [1.82, 2.24) is 0 Å². The lowest BCUT2D eigenvalue weighted by Crippen LogP contribution is -2.62. The molecule has 0 aromatic heterocycles. The fraction of sp³-hybridized carbons (Fsp3) is 1.00. The molecule has 9 nitrogen and oxygen atoms in total. The maximum Gasteiger partial charge on any atom is 0.187 e. The number of aliphatic hydroxyl groups is 6. The van der Waals surface area contributed by atoms with Crippen LogP contribution in [-0.2, 0) is 14.2 Å². The quantitative estimate of drug-likeness (QED) is 0.308. The van der Waals surface area contributed by atoms with Crippen molar-refractivity contribution < 1.29 is 44.8 Å². The van der Waals surface area contributed by atoms with Gasteiger partial charge in [0.1, 0.15) is 36.6 Å². The molecule has 0 saturated carbocycles. The van der Waals surface area contributed by atoms with Crippen molar-refractivity contribution >= 4 is 0 Å². The topological polar surface area (TPSA) is 149 Å². The highest BCUT2D eigenvalue weighted by molar-refractivity contribution is 4.91. The largest absolute Gasteiger partial charge is 0.388 e. The molecule has 0 aromatic rings. The van der Waals surface area contributed by atoms with E-state index in [0.717, 1.165) is 0 Å². The van der Waals surface area contributed by atoms with Gasteiger partial charge in [-0.2, -0.15) is 0 Å². The molecule has 0 amide bonds. The molecule has 21 heavy (non-hydrogen) atoms. The van der Waals surface area contributed by atoms with Gasteiger partial charge in [0, 0.05) is 0 Å². The van der Waals surface area contributed by atoms with Crippen LogP contribution < -0.4 is 0 Å². The molecule has 2 fully saturated rings. The normalized spacial score (nSPS) is 55.4. The molecule has 0 aromatic carbocycles. The molecular formula is C12H22O9. The minimum Gasteiger partial charge on any atom is -0.388 e. The van der Waals surface area contributed by atoms with Crippen LogP contribution in [0.25, 0.3) is 0 Å². The fourth-order valence-corrected chi connectivity index (χ4v) is 2.49. The first kappa shape index (κ1) is 17.0. The summed E-state index contributed by atoms with van der Waals surface area (Å²) in [6.07, 6.45) is -12.8. The van der Waals surface area contributed by atoms with Gasteiger partial charge in [-0.15, -0.1) is 0 Å². The van der Waals surface area contributed by atoms with E-state index >= 15 is 0 Å². The van der Waals surface area contributed by atoms with Gasteiger partial charge in [0.25, 0.3) is 0 Å². The number of hydrogen-bond donors (Lipinski definition) is 6. The standard InChI is InChI=1S/C12H22O9/c1-3-5(13)6(14)9(17)12(20-3)21-10-4(2)19-11(18)8(16)7(10)15/h3-18H,1-2H3/t3-,4-,5+,6+,7-,8+,9-,10-,11+,12-/m0/s1. The number of rotatable bonds is 2. The Morgan fingerprint density at radius 2 is 1.29 bits per heavy atom. The Labute approximate surface area is 121 Å². The average Bonchev–Trinajstić information content (AvgIpc) is 2.44. The smallest absolute Gasteiger partial charge is 0.187 e. The van der Waals surface area contributed by atoms with Crippen LogP contribution in [0.3, 0.4) is 0 Å². The van der Waals surface area contributed by atoms with Crippen molar-refractivity contribution in [3.63, 3.8) is 0 Å². The Hall–Kier alpha value is -0.360. The Bertz CT molecular complexity index is 354. The average molecular weight is 310 g/mol. The molecule has 0 radical (unpaired) electrons. The van der Waals surface area contributed by atoms with E-state index in [1.54, 1.807) is 0 Å². The summed E-state index contributed by atoms with van der Waals surface area (Å²) >= 11 is 0. The zero-order chi connectivity index (χ0) is 15.9. The highest BCUT2D eigenvalue weighted by Crippen LogP contribution is 2.28. The van der Waals surface area contributed by atoms with Gasteiger partial charge in [0.05, 0.1) is 12.2 Å². The van der Waals surface area contributed by atoms with Crippen LogP contribution in [0.4, 0.5) is 0 Å².